The van der Waals surface area contributed by atoms with Crippen LogP contribution in [0.4, 0.5) is 0 Å². The summed E-state index contributed by atoms with van der Waals surface area (Å²) in [4.78, 5) is 0. The Balaban J connectivity index is 0. The zero-order valence-corrected chi connectivity index (χ0v) is 15.4. The van der Waals surface area contributed by atoms with Gasteiger partial charge in [-0.15, -0.1) is 0 Å². The van der Waals surface area contributed by atoms with Gasteiger partial charge in [-0.3, -0.25) is 0 Å². The van der Waals surface area contributed by atoms with Gasteiger partial charge in [0.15, 0.2) is 0 Å². The fraction of sp³-hybridized carbons (Fsp3) is 0.889. The number of nitrogens with two attached hydrogens (primary N) is 1. The van der Waals surface area contributed by atoms with Crippen LogP contribution in [-0.2, 0) is 17.1 Å². The molecule has 0 amide bonds. The maximum absolute atomic E-state index is 9.52. The minimum atomic E-state index is -0.720. The van der Waals surface area contributed by atoms with E-state index >= 15 is 0 Å². The molecule has 0 aliphatic heterocycles. The van der Waals surface area contributed by atoms with E-state index in [1.807, 2.05) is 6.08 Å². The Kier molecular flexibility index (Phi) is 21.3. The average Bonchev–Trinajstić information content (AvgIpc) is 2.50. The molecule has 22 heavy (non-hydrogen) atoms. The predicted molar refractivity (Wildman–Crippen MR) is 91.3 cm³/mol. The van der Waals surface area contributed by atoms with Gasteiger partial charge in [0.1, 0.15) is 0 Å². The van der Waals surface area contributed by atoms with Crippen molar-refractivity contribution in [3.05, 3.63) is 12.2 Å². The van der Waals surface area contributed by atoms with Crippen molar-refractivity contribution in [2.24, 2.45) is 5.73 Å². The van der Waals surface area contributed by atoms with Crippen molar-refractivity contribution < 1.29 is 27.3 Å². The van der Waals surface area contributed by atoms with E-state index in [1.165, 1.54) is 70.6 Å². The fourth-order valence-corrected chi connectivity index (χ4v) is 2.41. The Hall–Kier alpha value is 0.139. The first-order valence-corrected chi connectivity index (χ1v) is 8.93. The third kappa shape index (κ3) is 16.5. The van der Waals surface area contributed by atoms with Gasteiger partial charge in [0, 0.05) is 17.1 Å². The number of hydrogen-bond acceptors (Lipinski definition) is 3. The van der Waals surface area contributed by atoms with Crippen molar-refractivity contribution in [3.8, 4) is 0 Å². The number of rotatable bonds is 15. The Labute approximate surface area is 148 Å². The van der Waals surface area contributed by atoms with Gasteiger partial charge in [0.05, 0.1) is 18.8 Å². The summed E-state index contributed by atoms with van der Waals surface area (Å²) in [5, 5.41) is 18.3. The van der Waals surface area contributed by atoms with Crippen molar-refractivity contribution in [2.45, 2.75) is 96.1 Å². The van der Waals surface area contributed by atoms with Crippen molar-refractivity contribution in [3.63, 3.8) is 0 Å². The molecule has 3 nitrogen and oxygen atoms in total. The molecular formula is C18H37FeNO2. The molecule has 0 unspecified atom stereocenters. The second-order valence-corrected chi connectivity index (χ2v) is 6.09. The van der Waals surface area contributed by atoms with Crippen LogP contribution >= 0.6 is 0 Å². The van der Waals surface area contributed by atoms with Crippen LogP contribution in [-0.4, -0.2) is 29.0 Å². The first kappa shape index (κ1) is 24.4. The van der Waals surface area contributed by atoms with Gasteiger partial charge in [-0.25, -0.2) is 0 Å². The SMILES string of the molecule is CCCCCCCCCCCCC/C=C/[C@@H](O)[C@@H](N)CO.[Fe]. The van der Waals surface area contributed by atoms with Crippen LogP contribution in [0.15, 0.2) is 12.2 Å². The topological polar surface area (TPSA) is 66.5 Å². The molecule has 0 heterocycles. The second kappa shape index (κ2) is 19.2. The smallest absolute Gasteiger partial charge is 0.0894 e. The van der Waals surface area contributed by atoms with E-state index < -0.39 is 12.1 Å². The number of hydrogen-bond donors (Lipinski definition) is 3. The molecule has 0 fully saturated rings. The van der Waals surface area contributed by atoms with Crippen LogP contribution in [0.5, 0.6) is 0 Å². The van der Waals surface area contributed by atoms with Gasteiger partial charge in [0.2, 0.25) is 0 Å². The molecule has 0 aromatic rings. The Bertz CT molecular complexity index is 237. The zero-order chi connectivity index (χ0) is 15.8. The molecule has 0 saturated carbocycles. The van der Waals surface area contributed by atoms with E-state index in [9.17, 15) is 5.11 Å². The molecule has 4 heteroatoms. The van der Waals surface area contributed by atoms with Gasteiger partial charge >= 0.3 is 0 Å². The Morgan fingerprint density at radius 2 is 1.32 bits per heavy atom. The van der Waals surface area contributed by atoms with Gasteiger partial charge in [-0.05, 0) is 12.8 Å². The summed E-state index contributed by atoms with van der Waals surface area (Å²) >= 11 is 0. The number of aliphatic hydroxyl groups excluding tert-OH is 2. The Morgan fingerprint density at radius 1 is 0.864 bits per heavy atom. The molecule has 0 aromatic carbocycles. The summed E-state index contributed by atoms with van der Waals surface area (Å²) in [6, 6.07) is -0.557. The van der Waals surface area contributed by atoms with Crippen LogP contribution in [0.25, 0.3) is 0 Å². The largest absolute Gasteiger partial charge is 0.395 e. The maximum Gasteiger partial charge on any atom is 0.0894 e. The molecule has 0 aliphatic carbocycles. The second-order valence-electron chi connectivity index (χ2n) is 6.09. The van der Waals surface area contributed by atoms with Crippen LogP contribution < -0.4 is 5.73 Å². The molecule has 0 aliphatic rings. The molecule has 0 saturated heterocycles. The third-order valence-electron chi connectivity index (χ3n) is 3.96. The molecule has 0 bridgehead atoms. The minimum Gasteiger partial charge on any atom is -0.395 e. The summed E-state index contributed by atoms with van der Waals surface area (Å²) in [7, 11) is 0. The van der Waals surface area contributed by atoms with Crippen molar-refractivity contribution in [1.29, 1.82) is 0 Å². The van der Waals surface area contributed by atoms with E-state index in [4.69, 9.17) is 10.8 Å². The normalized spacial score (nSPS) is 14.0. The molecule has 4 N–H and O–H groups in total. The molecular weight excluding hydrogens is 318 g/mol. The first-order valence-electron chi connectivity index (χ1n) is 8.93. The van der Waals surface area contributed by atoms with Crippen molar-refractivity contribution in [2.75, 3.05) is 6.61 Å². The van der Waals surface area contributed by atoms with Gasteiger partial charge in [-0.2, -0.15) is 0 Å². The maximum atomic E-state index is 9.52. The summed E-state index contributed by atoms with van der Waals surface area (Å²) in [5.74, 6) is 0. The van der Waals surface area contributed by atoms with Gasteiger partial charge < -0.3 is 15.9 Å². The van der Waals surface area contributed by atoms with Crippen molar-refractivity contribution >= 4 is 0 Å². The number of unbranched alkanes of at least 4 members (excludes halogenated alkanes) is 11. The van der Waals surface area contributed by atoms with Crippen molar-refractivity contribution in [1.82, 2.24) is 0 Å². The third-order valence-corrected chi connectivity index (χ3v) is 3.96. The molecule has 0 spiro atoms. The molecule has 0 aromatic heterocycles. The monoisotopic (exact) mass is 355 g/mol. The van der Waals surface area contributed by atoms with Gasteiger partial charge in [-0.1, -0.05) is 83.3 Å². The fourth-order valence-electron chi connectivity index (χ4n) is 2.41. The van der Waals surface area contributed by atoms with Gasteiger partial charge in [0.25, 0.3) is 0 Å². The van der Waals surface area contributed by atoms with E-state index in [1.54, 1.807) is 6.08 Å². The molecule has 134 valence electrons. The van der Waals surface area contributed by atoms with E-state index in [-0.39, 0.29) is 23.7 Å². The van der Waals surface area contributed by atoms with Crippen LogP contribution in [0, 0.1) is 0 Å². The Morgan fingerprint density at radius 3 is 1.77 bits per heavy atom. The number of allylic oxidation sites excluding steroid dienone is 1. The summed E-state index contributed by atoms with van der Waals surface area (Å²) < 4.78 is 0. The summed E-state index contributed by atoms with van der Waals surface area (Å²) in [6.45, 7) is 2.08. The molecule has 0 radical (unpaired) electrons. The van der Waals surface area contributed by atoms with E-state index in [0.29, 0.717) is 0 Å². The van der Waals surface area contributed by atoms with E-state index in [2.05, 4.69) is 6.92 Å². The van der Waals surface area contributed by atoms with Crippen LogP contribution in [0.3, 0.4) is 0 Å². The van der Waals surface area contributed by atoms with Crippen LogP contribution in [0.1, 0.15) is 84.0 Å². The number of aliphatic hydroxyl groups is 2. The van der Waals surface area contributed by atoms with E-state index in [0.717, 1.165) is 6.42 Å². The quantitative estimate of drug-likeness (QED) is 0.237. The minimum absolute atomic E-state index is 0. The van der Waals surface area contributed by atoms with Crippen LogP contribution in [0.2, 0.25) is 0 Å². The molecule has 2 atom stereocenters. The first-order chi connectivity index (χ1) is 10.2. The summed E-state index contributed by atoms with van der Waals surface area (Å²) in [6.07, 6.45) is 18.8. The predicted octanol–water partition coefficient (Wildman–Crippen LogP) is 3.92. The standard InChI is InChI=1S/C18H37NO2.Fe/c1-2-3-4-5-6-7-8-9-10-11-12-13-14-15-18(21)17(19)16-20;/h14-15,17-18,20-21H,2-13,16,19H2,1H3;/b15-14+;/t17-,18+;/m0./s1. The summed E-state index contributed by atoms with van der Waals surface area (Å²) in [5.41, 5.74) is 5.51. The average molecular weight is 355 g/mol. The molecule has 0 rings (SSSR count). The zero-order valence-electron chi connectivity index (χ0n) is 14.3.